The Morgan fingerprint density at radius 3 is 2.17 bits per heavy atom. The highest BCUT2D eigenvalue weighted by Gasteiger charge is 2.51. The summed E-state index contributed by atoms with van der Waals surface area (Å²) in [5, 5.41) is 3.04. The van der Waals surface area contributed by atoms with Crippen molar-refractivity contribution in [2.45, 2.75) is 65.0 Å². The Balaban J connectivity index is 1.65. The number of nitrogens with one attached hydrogen (secondary N) is 1. The number of nitrogens with zero attached hydrogens (tertiary/aromatic N) is 2. The summed E-state index contributed by atoms with van der Waals surface area (Å²) in [6, 6.07) is -0.867. The third-order valence-electron chi connectivity index (χ3n) is 6.22. The fourth-order valence-electron chi connectivity index (χ4n) is 4.63. The van der Waals surface area contributed by atoms with Crippen LogP contribution in [0.5, 0.6) is 0 Å². The molecule has 3 rings (SSSR count). The van der Waals surface area contributed by atoms with Crippen molar-refractivity contribution in [1.29, 1.82) is 0 Å². The predicted molar refractivity (Wildman–Crippen MR) is 110 cm³/mol. The van der Waals surface area contributed by atoms with E-state index in [9.17, 15) is 19.2 Å². The van der Waals surface area contributed by atoms with E-state index in [1.54, 1.807) is 11.8 Å². The van der Waals surface area contributed by atoms with E-state index < -0.39 is 6.04 Å². The molecule has 1 N–H and O–H groups in total. The average Bonchev–Trinajstić information content (AvgIpc) is 2.97. The first-order chi connectivity index (χ1) is 14.3. The zero-order valence-corrected chi connectivity index (χ0v) is 18.1. The number of piperidine rings is 1. The summed E-state index contributed by atoms with van der Waals surface area (Å²) in [4.78, 5) is 53.9. The van der Waals surface area contributed by atoms with Crippen LogP contribution in [0.15, 0.2) is 12.2 Å². The summed E-state index contributed by atoms with van der Waals surface area (Å²) in [6.07, 6.45) is 6.38. The Bertz CT molecular complexity index is 686. The second-order valence-electron chi connectivity index (χ2n) is 8.82. The van der Waals surface area contributed by atoms with Gasteiger partial charge < -0.3 is 15.0 Å². The van der Waals surface area contributed by atoms with Gasteiger partial charge >= 0.3 is 6.09 Å². The van der Waals surface area contributed by atoms with Crippen molar-refractivity contribution in [3.05, 3.63) is 12.2 Å². The first kappa shape index (κ1) is 22.3. The molecule has 166 valence electrons. The van der Waals surface area contributed by atoms with Gasteiger partial charge in [-0.1, -0.05) is 26.0 Å². The van der Waals surface area contributed by atoms with Crippen LogP contribution >= 0.6 is 0 Å². The van der Waals surface area contributed by atoms with E-state index in [0.717, 1.165) is 0 Å². The first-order valence-corrected chi connectivity index (χ1v) is 11.1. The summed E-state index contributed by atoms with van der Waals surface area (Å²) in [5.41, 5.74) is 0. The number of ether oxygens (including phenoxy) is 1. The van der Waals surface area contributed by atoms with Gasteiger partial charge in [-0.2, -0.15) is 0 Å². The smallest absolute Gasteiger partial charge is 0.409 e. The lowest BCUT2D eigenvalue weighted by Crippen LogP contribution is -2.54. The second kappa shape index (κ2) is 9.62. The molecule has 2 heterocycles. The van der Waals surface area contributed by atoms with Crippen LogP contribution in [0.25, 0.3) is 0 Å². The molecular weight excluding hydrogens is 386 g/mol. The number of amides is 4. The van der Waals surface area contributed by atoms with E-state index in [0.29, 0.717) is 51.8 Å². The third kappa shape index (κ3) is 4.68. The number of hydrogen-bond acceptors (Lipinski definition) is 5. The molecule has 0 radical (unpaired) electrons. The summed E-state index contributed by atoms with van der Waals surface area (Å²) < 4.78 is 5.03. The van der Waals surface area contributed by atoms with Gasteiger partial charge in [-0.3, -0.25) is 19.3 Å². The van der Waals surface area contributed by atoms with Gasteiger partial charge in [0.15, 0.2) is 0 Å². The molecular formula is C22H33N3O5. The molecule has 0 spiro atoms. The SMILES string of the molecule is CCOC(=O)N1CCC(NC(=O)[C@H](CC(C)C)N2C(=O)[C@@H]3CC=CC[C@H]3C2=O)CC1. The van der Waals surface area contributed by atoms with Gasteiger partial charge in [-0.15, -0.1) is 0 Å². The van der Waals surface area contributed by atoms with Crippen LogP contribution in [-0.2, 0) is 19.1 Å². The van der Waals surface area contributed by atoms with Crippen LogP contribution in [0.2, 0.25) is 0 Å². The summed E-state index contributed by atoms with van der Waals surface area (Å²) in [7, 11) is 0. The Hall–Kier alpha value is -2.38. The molecule has 0 saturated carbocycles. The van der Waals surface area contributed by atoms with Crippen LogP contribution < -0.4 is 5.32 Å². The fraction of sp³-hybridized carbons (Fsp3) is 0.727. The number of carbonyl (C=O) groups is 4. The summed E-state index contributed by atoms with van der Waals surface area (Å²) in [5.74, 6) is -1.21. The maximum Gasteiger partial charge on any atom is 0.409 e. The van der Waals surface area contributed by atoms with Crippen LogP contribution in [0.1, 0.15) is 52.9 Å². The normalized spacial score (nSPS) is 25.5. The van der Waals surface area contributed by atoms with Gasteiger partial charge in [0.2, 0.25) is 17.7 Å². The van der Waals surface area contributed by atoms with Crippen LogP contribution in [-0.4, -0.2) is 65.4 Å². The molecule has 2 fully saturated rings. The number of likely N-dealkylation sites (tertiary alicyclic amines) is 2. The molecule has 30 heavy (non-hydrogen) atoms. The fourth-order valence-corrected chi connectivity index (χ4v) is 4.63. The van der Waals surface area contributed by atoms with E-state index in [-0.39, 0.29) is 47.6 Å². The lowest BCUT2D eigenvalue weighted by molar-refractivity contribution is -0.148. The van der Waals surface area contributed by atoms with E-state index in [1.807, 2.05) is 26.0 Å². The summed E-state index contributed by atoms with van der Waals surface area (Å²) >= 11 is 0. The van der Waals surface area contributed by atoms with E-state index >= 15 is 0 Å². The van der Waals surface area contributed by atoms with Crippen molar-refractivity contribution in [3.8, 4) is 0 Å². The first-order valence-electron chi connectivity index (χ1n) is 11.1. The Labute approximate surface area is 178 Å². The molecule has 8 heteroatoms. The minimum Gasteiger partial charge on any atom is -0.450 e. The standard InChI is InChI=1S/C22H33N3O5/c1-4-30-22(29)24-11-9-15(10-12-24)23-19(26)18(13-14(2)3)25-20(27)16-7-5-6-8-17(16)21(25)28/h5-6,14-18H,4,7-13H2,1-3H3,(H,23,26)/t16-,17-,18+/m1/s1. The molecule has 3 atom stereocenters. The molecule has 0 aromatic carbocycles. The zero-order valence-electron chi connectivity index (χ0n) is 18.1. The van der Waals surface area contributed by atoms with Gasteiger partial charge in [0.1, 0.15) is 6.04 Å². The molecule has 0 aromatic rings. The Morgan fingerprint density at radius 1 is 1.10 bits per heavy atom. The van der Waals surface area contributed by atoms with Crippen molar-refractivity contribution in [3.63, 3.8) is 0 Å². The van der Waals surface area contributed by atoms with Gasteiger partial charge in [0, 0.05) is 19.1 Å². The lowest BCUT2D eigenvalue weighted by atomic mass is 9.85. The molecule has 3 aliphatic rings. The molecule has 0 aromatic heterocycles. The van der Waals surface area contributed by atoms with Crippen LogP contribution in [0.3, 0.4) is 0 Å². The highest BCUT2D eigenvalue weighted by Crippen LogP contribution is 2.37. The lowest BCUT2D eigenvalue weighted by Gasteiger charge is -2.34. The minimum absolute atomic E-state index is 0.0883. The van der Waals surface area contributed by atoms with Crippen molar-refractivity contribution in [1.82, 2.24) is 15.1 Å². The number of imide groups is 1. The molecule has 2 aliphatic heterocycles. The van der Waals surface area contributed by atoms with Crippen molar-refractivity contribution in [2.75, 3.05) is 19.7 Å². The maximum atomic E-state index is 13.2. The topological polar surface area (TPSA) is 96.0 Å². The molecule has 2 saturated heterocycles. The number of carbonyl (C=O) groups excluding carboxylic acids is 4. The van der Waals surface area contributed by atoms with Crippen LogP contribution in [0.4, 0.5) is 4.79 Å². The van der Waals surface area contributed by atoms with Gasteiger partial charge in [0.25, 0.3) is 0 Å². The quantitative estimate of drug-likeness (QED) is 0.525. The average molecular weight is 420 g/mol. The molecule has 4 amide bonds. The van der Waals surface area contributed by atoms with E-state index in [1.165, 1.54) is 4.90 Å². The largest absolute Gasteiger partial charge is 0.450 e. The zero-order chi connectivity index (χ0) is 21.8. The molecule has 0 bridgehead atoms. The minimum atomic E-state index is -0.779. The number of hydrogen-bond donors (Lipinski definition) is 1. The molecule has 0 unspecified atom stereocenters. The Kier molecular flexibility index (Phi) is 7.15. The predicted octanol–water partition coefficient (Wildman–Crippen LogP) is 2.09. The van der Waals surface area contributed by atoms with E-state index in [4.69, 9.17) is 4.74 Å². The van der Waals surface area contributed by atoms with Gasteiger partial charge in [-0.25, -0.2) is 4.79 Å². The van der Waals surface area contributed by atoms with Gasteiger partial charge in [0.05, 0.1) is 18.4 Å². The molecule has 8 nitrogen and oxygen atoms in total. The number of allylic oxidation sites excluding steroid dienone is 2. The van der Waals surface area contributed by atoms with E-state index in [2.05, 4.69) is 5.32 Å². The highest BCUT2D eigenvalue weighted by molar-refractivity contribution is 6.08. The number of fused-ring (bicyclic) bond motifs is 1. The van der Waals surface area contributed by atoms with Gasteiger partial charge in [-0.05, 0) is 44.9 Å². The summed E-state index contributed by atoms with van der Waals surface area (Å²) in [6.45, 7) is 7.09. The van der Waals surface area contributed by atoms with Crippen molar-refractivity contribution in [2.24, 2.45) is 17.8 Å². The Morgan fingerprint density at radius 2 is 1.67 bits per heavy atom. The third-order valence-corrected chi connectivity index (χ3v) is 6.22. The monoisotopic (exact) mass is 419 g/mol. The molecule has 1 aliphatic carbocycles. The van der Waals surface area contributed by atoms with Crippen molar-refractivity contribution >= 4 is 23.8 Å². The second-order valence-corrected chi connectivity index (χ2v) is 8.82. The van der Waals surface area contributed by atoms with Crippen molar-refractivity contribution < 1.29 is 23.9 Å². The number of rotatable bonds is 6. The maximum absolute atomic E-state index is 13.2. The van der Waals surface area contributed by atoms with Crippen LogP contribution in [0, 0.1) is 17.8 Å². The highest BCUT2D eigenvalue weighted by atomic mass is 16.6.